The third kappa shape index (κ3) is 2.16. The molecule has 0 saturated heterocycles. The van der Waals surface area contributed by atoms with Crippen molar-refractivity contribution < 1.29 is 12.6 Å². The van der Waals surface area contributed by atoms with Gasteiger partial charge in [-0.15, -0.1) is 0 Å². The Hall–Kier alpha value is -2.27. The molecule has 3 aromatic rings. The number of nitrogens with zero attached hydrogens (tertiary/aromatic N) is 1. The average Bonchev–Trinajstić information content (AvgIpc) is 2.75. The zero-order valence-corrected chi connectivity index (χ0v) is 11.7. The molecule has 0 saturated carbocycles. The van der Waals surface area contributed by atoms with E-state index in [1.165, 1.54) is 3.97 Å². The van der Waals surface area contributed by atoms with E-state index in [1.807, 2.05) is 18.2 Å². The number of hydrogen-bond donors (Lipinski definition) is 0. The monoisotopic (exact) mass is 287 g/mol. The van der Waals surface area contributed by atoms with Crippen molar-refractivity contribution >= 4 is 21.2 Å². The van der Waals surface area contributed by atoms with Crippen LogP contribution in [0.5, 0.6) is 5.75 Å². The number of para-hydroxylation sites is 2. The van der Waals surface area contributed by atoms with Gasteiger partial charge >= 0.3 is 10.3 Å². The third-order valence-electron chi connectivity index (χ3n) is 3.01. The van der Waals surface area contributed by atoms with Crippen LogP contribution in [0.15, 0.2) is 60.7 Å². The fourth-order valence-electron chi connectivity index (χ4n) is 2.20. The van der Waals surface area contributed by atoms with Gasteiger partial charge in [0.25, 0.3) is 0 Å². The van der Waals surface area contributed by atoms with Crippen LogP contribution >= 0.6 is 0 Å². The SMILES string of the molecule is Cc1cc2ccccc2n1S(=O)(=O)Oc1ccccc1. The van der Waals surface area contributed by atoms with Crippen molar-refractivity contribution in [1.29, 1.82) is 0 Å². The first-order valence-electron chi connectivity index (χ1n) is 6.15. The minimum absolute atomic E-state index is 0.296. The molecule has 5 heteroatoms. The first kappa shape index (κ1) is 12.7. The van der Waals surface area contributed by atoms with Crippen molar-refractivity contribution in [2.75, 3.05) is 0 Å². The molecule has 0 spiro atoms. The molecule has 1 aromatic heterocycles. The second-order valence-corrected chi connectivity index (χ2v) is 5.85. The van der Waals surface area contributed by atoms with Crippen LogP contribution < -0.4 is 4.18 Å². The number of aromatic nitrogens is 1. The zero-order chi connectivity index (χ0) is 14.2. The summed E-state index contributed by atoms with van der Waals surface area (Å²) in [5.74, 6) is 0.296. The normalized spacial score (nSPS) is 11.7. The van der Waals surface area contributed by atoms with E-state index in [-0.39, 0.29) is 0 Å². The minimum Gasteiger partial charge on any atom is -0.366 e. The lowest BCUT2D eigenvalue weighted by molar-refractivity contribution is 0.477. The van der Waals surface area contributed by atoms with Crippen molar-refractivity contribution in [3.05, 3.63) is 66.4 Å². The van der Waals surface area contributed by atoms with Gasteiger partial charge in [0.2, 0.25) is 0 Å². The van der Waals surface area contributed by atoms with E-state index < -0.39 is 10.3 Å². The lowest BCUT2D eigenvalue weighted by Gasteiger charge is -2.10. The predicted molar refractivity (Wildman–Crippen MR) is 78.1 cm³/mol. The van der Waals surface area contributed by atoms with Crippen LogP contribution in [0.1, 0.15) is 5.69 Å². The lowest BCUT2D eigenvalue weighted by Crippen LogP contribution is -2.19. The van der Waals surface area contributed by atoms with Gasteiger partial charge in [-0.25, -0.2) is 3.97 Å². The molecule has 20 heavy (non-hydrogen) atoms. The summed E-state index contributed by atoms with van der Waals surface area (Å²) in [5.41, 5.74) is 1.23. The summed E-state index contributed by atoms with van der Waals surface area (Å²) >= 11 is 0. The first-order chi connectivity index (χ1) is 9.58. The lowest BCUT2D eigenvalue weighted by atomic mass is 10.2. The fraction of sp³-hybridized carbons (Fsp3) is 0.0667. The van der Waals surface area contributed by atoms with Gasteiger partial charge in [0.15, 0.2) is 0 Å². The minimum atomic E-state index is -3.91. The molecule has 0 aliphatic rings. The van der Waals surface area contributed by atoms with Gasteiger partial charge in [0.1, 0.15) is 5.75 Å². The Labute approximate surface area is 117 Å². The molecule has 0 aliphatic carbocycles. The summed E-state index contributed by atoms with van der Waals surface area (Å²) in [5, 5.41) is 0.866. The molecule has 0 N–H and O–H groups in total. The average molecular weight is 287 g/mol. The Bertz CT molecular complexity index is 851. The van der Waals surface area contributed by atoms with Crippen LogP contribution in [0.3, 0.4) is 0 Å². The van der Waals surface area contributed by atoms with Gasteiger partial charge in [-0.05, 0) is 31.2 Å². The van der Waals surface area contributed by atoms with Crippen LogP contribution in [-0.2, 0) is 10.3 Å². The van der Waals surface area contributed by atoms with Crippen molar-refractivity contribution in [2.24, 2.45) is 0 Å². The maximum atomic E-state index is 12.4. The number of hydrogen-bond acceptors (Lipinski definition) is 3. The van der Waals surface area contributed by atoms with Gasteiger partial charge in [-0.2, -0.15) is 8.42 Å². The van der Waals surface area contributed by atoms with Crippen LogP contribution in [0.4, 0.5) is 0 Å². The molecule has 1 heterocycles. The van der Waals surface area contributed by atoms with E-state index in [4.69, 9.17) is 4.18 Å². The molecule has 4 nitrogen and oxygen atoms in total. The van der Waals surface area contributed by atoms with Crippen LogP contribution in [-0.4, -0.2) is 12.4 Å². The molecule has 0 fully saturated rings. The smallest absolute Gasteiger partial charge is 0.366 e. The Kier molecular flexibility index (Phi) is 2.99. The maximum Gasteiger partial charge on any atom is 0.414 e. The molecule has 0 bridgehead atoms. The molecular weight excluding hydrogens is 274 g/mol. The Balaban J connectivity index is 2.12. The molecule has 0 aliphatic heterocycles. The highest BCUT2D eigenvalue weighted by atomic mass is 32.2. The Morgan fingerprint density at radius 3 is 2.35 bits per heavy atom. The van der Waals surface area contributed by atoms with Gasteiger partial charge in [-0.3, -0.25) is 0 Å². The standard InChI is InChI=1S/C15H13NO3S/c1-12-11-13-7-5-6-10-15(13)16(12)20(17,18)19-14-8-3-2-4-9-14/h2-11H,1H3. The van der Waals surface area contributed by atoms with Crippen molar-refractivity contribution in [1.82, 2.24) is 3.97 Å². The second-order valence-electron chi connectivity index (χ2n) is 4.46. The third-order valence-corrected chi connectivity index (χ3v) is 4.34. The molecular formula is C15H13NO3S. The molecule has 102 valence electrons. The molecule has 0 unspecified atom stereocenters. The van der Waals surface area contributed by atoms with Gasteiger partial charge in [-0.1, -0.05) is 36.4 Å². The maximum absolute atomic E-state index is 12.4. The van der Waals surface area contributed by atoms with E-state index in [9.17, 15) is 8.42 Å². The molecule has 0 atom stereocenters. The van der Waals surface area contributed by atoms with Crippen molar-refractivity contribution in [2.45, 2.75) is 6.92 Å². The van der Waals surface area contributed by atoms with Gasteiger partial charge in [0.05, 0.1) is 5.52 Å². The number of rotatable bonds is 3. The molecule has 0 radical (unpaired) electrons. The van der Waals surface area contributed by atoms with E-state index in [0.717, 1.165) is 5.39 Å². The summed E-state index contributed by atoms with van der Waals surface area (Å²) < 4.78 is 31.3. The van der Waals surface area contributed by atoms with Gasteiger partial charge in [0, 0.05) is 11.1 Å². The highest BCUT2D eigenvalue weighted by molar-refractivity contribution is 7.85. The Morgan fingerprint density at radius 2 is 1.60 bits per heavy atom. The van der Waals surface area contributed by atoms with E-state index in [2.05, 4.69) is 0 Å². The second kappa shape index (κ2) is 4.68. The van der Waals surface area contributed by atoms with Crippen LogP contribution in [0, 0.1) is 6.92 Å². The van der Waals surface area contributed by atoms with E-state index in [0.29, 0.717) is 17.0 Å². The number of fused-ring (bicyclic) bond motifs is 1. The van der Waals surface area contributed by atoms with E-state index in [1.54, 1.807) is 49.4 Å². The van der Waals surface area contributed by atoms with Crippen LogP contribution in [0.2, 0.25) is 0 Å². The number of benzene rings is 2. The highest BCUT2D eigenvalue weighted by Gasteiger charge is 2.20. The predicted octanol–water partition coefficient (Wildman–Crippen LogP) is 3.12. The first-order valence-corrected chi connectivity index (χ1v) is 7.51. The van der Waals surface area contributed by atoms with Crippen molar-refractivity contribution in [3.63, 3.8) is 0 Å². The summed E-state index contributed by atoms with van der Waals surface area (Å²) in [7, 11) is -3.91. The molecule has 2 aromatic carbocycles. The summed E-state index contributed by atoms with van der Waals surface area (Å²) in [4.78, 5) is 0. The van der Waals surface area contributed by atoms with Gasteiger partial charge < -0.3 is 4.18 Å². The summed E-state index contributed by atoms with van der Waals surface area (Å²) in [6.07, 6.45) is 0. The molecule has 3 rings (SSSR count). The van der Waals surface area contributed by atoms with Crippen molar-refractivity contribution in [3.8, 4) is 5.75 Å². The van der Waals surface area contributed by atoms with E-state index >= 15 is 0 Å². The molecule has 0 amide bonds. The summed E-state index contributed by atoms with van der Waals surface area (Å²) in [6, 6.07) is 17.6. The largest absolute Gasteiger partial charge is 0.414 e. The Morgan fingerprint density at radius 1 is 0.950 bits per heavy atom. The topological polar surface area (TPSA) is 48.3 Å². The zero-order valence-electron chi connectivity index (χ0n) is 10.9. The summed E-state index contributed by atoms with van der Waals surface area (Å²) in [6.45, 7) is 1.74. The van der Waals surface area contributed by atoms with Crippen LogP contribution in [0.25, 0.3) is 10.9 Å². The fourth-order valence-corrected chi connectivity index (χ4v) is 3.44. The quantitative estimate of drug-likeness (QED) is 0.743. The number of aryl methyl sites for hydroxylation is 1. The highest BCUT2D eigenvalue weighted by Crippen LogP contribution is 2.23.